The first-order valence-electron chi connectivity index (χ1n) is 4.86. The van der Waals surface area contributed by atoms with Crippen LogP contribution in [0.25, 0.3) is 0 Å². The molecule has 0 aliphatic carbocycles. The molecule has 0 atom stereocenters. The molecule has 0 unspecified atom stereocenters. The second-order valence-corrected chi connectivity index (χ2v) is 3.43. The summed E-state index contributed by atoms with van der Waals surface area (Å²) in [4.78, 5) is 22.3. The Morgan fingerprint density at radius 1 is 1.47 bits per heavy atom. The van der Waals surface area contributed by atoms with Crippen molar-refractivity contribution in [1.82, 2.24) is 5.32 Å². The Morgan fingerprint density at radius 2 is 2.12 bits per heavy atom. The van der Waals surface area contributed by atoms with E-state index in [4.69, 9.17) is 5.73 Å². The molecule has 3 N–H and O–H groups in total. The van der Waals surface area contributed by atoms with E-state index in [1.807, 2.05) is 0 Å². The van der Waals surface area contributed by atoms with Crippen LogP contribution in [0.3, 0.4) is 0 Å². The summed E-state index contributed by atoms with van der Waals surface area (Å²) in [7, 11) is 1.21. The van der Waals surface area contributed by atoms with Gasteiger partial charge in [0, 0.05) is 16.8 Å². The Labute approximate surface area is 97.7 Å². The molecule has 17 heavy (non-hydrogen) atoms. The van der Waals surface area contributed by atoms with E-state index in [1.165, 1.54) is 20.1 Å². The van der Waals surface area contributed by atoms with Crippen LogP contribution in [0, 0.1) is 12.7 Å². The van der Waals surface area contributed by atoms with Crippen LogP contribution in [0.4, 0.5) is 10.1 Å². The van der Waals surface area contributed by atoms with Gasteiger partial charge in [0.2, 0.25) is 0 Å². The highest BCUT2D eigenvalue weighted by Gasteiger charge is 2.12. The van der Waals surface area contributed by atoms with Crippen molar-refractivity contribution in [2.45, 2.75) is 6.92 Å². The molecule has 1 aromatic rings. The van der Waals surface area contributed by atoms with Crippen LogP contribution in [0.15, 0.2) is 12.1 Å². The molecule has 1 rings (SSSR count). The van der Waals surface area contributed by atoms with Gasteiger partial charge >= 0.3 is 5.97 Å². The zero-order chi connectivity index (χ0) is 13.0. The van der Waals surface area contributed by atoms with Crippen molar-refractivity contribution in [3.8, 4) is 0 Å². The largest absolute Gasteiger partial charge is 0.468 e. The maximum Gasteiger partial charge on any atom is 0.325 e. The number of nitrogens with two attached hydrogens (primary N) is 1. The normalized spacial score (nSPS) is 9.82. The molecule has 0 saturated carbocycles. The average Bonchev–Trinajstić information content (AvgIpc) is 2.31. The summed E-state index contributed by atoms with van der Waals surface area (Å²) in [6.45, 7) is 1.24. The number of methoxy groups -OCH3 is 1. The topological polar surface area (TPSA) is 81.4 Å². The number of rotatable bonds is 3. The van der Waals surface area contributed by atoms with Gasteiger partial charge in [0.25, 0.3) is 5.91 Å². The van der Waals surface area contributed by atoms with Crippen molar-refractivity contribution in [1.29, 1.82) is 0 Å². The Morgan fingerprint density at radius 3 is 2.65 bits per heavy atom. The van der Waals surface area contributed by atoms with Crippen molar-refractivity contribution >= 4 is 17.6 Å². The fourth-order valence-electron chi connectivity index (χ4n) is 1.16. The van der Waals surface area contributed by atoms with E-state index in [0.29, 0.717) is 0 Å². The van der Waals surface area contributed by atoms with Gasteiger partial charge < -0.3 is 15.8 Å². The zero-order valence-corrected chi connectivity index (χ0v) is 9.54. The van der Waals surface area contributed by atoms with Crippen LogP contribution in [-0.2, 0) is 9.53 Å². The predicted octanol–water partition coefficient (Wildman–Crippen LogP) is 0.619. The summed E-state index contributed by atoms with van der Waals surface area (Å²) in [6.07, 6.45) is 0. The Bertz CT molecular complexity index is 437. The molecule has 0 heterocycles. The lowest BCUT2D eigenvalue weighted by Gasteiger charge is -2.07. The Hall–Kier alpha value is -2.11. The third kappa shape index (κ3) is 3.17. The molecule has 0 fully saturated rings. The number of nitrogens with one attached hydrogen (secondary N) is 1. The number of anilines is 1. The van der Waals surface area contributed by atoms with Crippen LogP contribution in [0.1, 0.15) is 15.9 Å². The summed E-state index contributed by atoms with van der Waals surface area (Å²) in [5.74, 6) is -1.73. The lowest BCUT2D eigenvalue weighted by atomic mass is 10.1. The van der Waals surface area contributed by atoms with Crippen LogP contribution < -0.4 is 11.1 Å². The van der Waals surface area contributed by atoms with Crippen LogP contribution in [-0.4, -0.2) is 25.5 Å². The lowest BCUT2D eigenvalue weighted by Crippen LogP contribution is -2.30. The van der Waals surface area contributed by atoms with Crippen molar-refractivity contribution in [2.24, 2.45) is 0 Å². The summed E-state index contributed by atoms with van der Waals surface area (Å²) in [5, 5.41) is 2.29. The van der Waals surface area contributed by atoms with Gasteiger partial charge in [-0.25, -0.2) is 4.39 Å². The van der Waals surface area contributed by atoms with Gasteiger partial charge in [0.15, 0.2) is 0 Å². The predicted molar refractivity (Wildman–Crippen MR) is 59.9 cm³/mol. The van der Waals surface area contributed by atoms with E-state index in [1.54, 1.807) is 0 Å². The molecule has 1 aromatic carbocycles. The molecule has 0 aliphatic heterocycles. The number of esters is 1. The third-order valence-corrected chi connectivity index (χ3v) is 2.27. The van der Waals surface area contributed by atoms with E-state index in [2.05, 4.69) is 10.1 Å². The van der Waals surface area contributed by atoms with Crippen molar-refractivity contribution < 1.29 is 18.7 Å². The molecule has 0 radical (unpaired) electrons. The molecular weight excluding hydrogens is 227 g/mol. The number of halogens is 1. The number of hydrogen-bond donors (Lipinski definition) is 2. The first-order chi connectivity index (χ1) is 7.95. The van der Waals surface area contributed by atoms with Crippen molar-refractivity contribution in [2.75, 3.05) is 19.4 Å². The van der Waals surface area contributed by atoms with E-state index < -0.39 is 17.7 Å². The molecular formula is C11H13FN2O3. The zero-order valence-electron chi connectivity index (χ0n) is 9.54. The minimum Gasteiger partial charge on any atom is -0.468 e. The Balaban J connectivity index is 2.80. The molecule has 92 valence electrons. The van der Waals surface area contributed by atoms with Crippen molar-refractivity contribution in [3.63, 3.8) is 0 Å². The van der Waals surface area contributed by atoms with Gasteiger partial charge in [-0.15, -0.1) is 0 Å². The molecule has 0 bridgehead atoms. The molecule has 0 saturated heterocycles. The van der Waals surface area contributed by atoms with Crippen LogP contribution in [0.5, 0.6) is 0 Å². The van der Waals surface area contributed by atoms with E-state index >= 15 is 0 Å². The number of benzene rings is 1. The van der Waals surface area contributed by atoms with Gasteiger partial charge in [0.05, 0.1) is 7.11 Å². The van der Waals surface area contributed by atoms with E-state index in [-0.39, 0.29) is 23.4 Å². The second kappa shape index (κ2) is 5.29. The van der Waals surface area contributed by atoms with Crippen LogP contribution >= 0.6 is 0 Å². The average molecular weight is 240 g/mol. The monoisotopic (exact) mass is 240 g/mol. The lowest BCUT2D eigenvalue weighted by molar-refractivity contribution is -0.139. The minimum atomic E-state index is -0.584. The summed E-state index contributed by atoms with van der Waals surface area (Å²) >= 11 is 0. The highest BCUT2D eigenvalue weighted by atomic mass is 19.1. The Kier molecular flexibility index (Phi) is 4.03. The number of nitrogen functional groups attached to an aromatic ring is 1. The van der Waals surface area contributed by atoms with Gasteiger partial charge in [-0.3, -0.25) is 9.59 Å². The SMILES string of the molecule is COC(=O)CNC(=O)c1cc(N)c(C)c(F)c1. The molecule has 1 amide bonds. The number of ether oxygens (including phenoxy) is 1. The number of amides is 1. The molecule has 6 heteroatoms. The summed E-state index contributed by atoms with van der Waals surface area (Å²) < 4.78 is 17.7. The van der Waals surface area contributed by atoms with Crippen LogP contribution in [0.2, 0.25) is 0 Å². The van der Waals surface area contributed by atoms with Gasteiger partial charge in [-0.2, -0.15) is 0 Å². The number of carbonyl (C=O) groups excluding carboxylic acids is 2. The smallest absolute Gasteiger partial charge is 0.325 e. The first kappa shape index (κ1) is 13.0. The van der Waals surface area contributed by atoms with E-state index in [9.17, 15) is 14.0 Å². The maximum atomic E-state index is 13.3. The summed E-state index contributed by atoms with van der Waals surface area (Å²) in [5.41, 5.74) is 6.07. The quantitative estimate of drug-likeness (QED) is 0.599. The molecule has 0 aromatic heterocycles. The molecule has 0 spiro atoms. The first-order valence-corrected chi connectivity index (χ1v) is 4.86. The van der Waals surface area contributed by atoms with Gasteiger partial charge in [0.1, 0.15) is 12.4 Å². The number of hydrogen-bond acceptors (Lipinski definition) is 4. The fourth-order valence-corrected chi connectivity index (χ4v) is 1.16. The highest BCUT2D eigenvalue weighted by molar-refractivity contribution is 5.96. The fraction of sp³-hybridized carbons (Fsp3) is 0.273. The van der Waals surface area contributed by atoms with Crippen molar-refractivity contribution in [3.05, 3.63) is 29.1 Å². The molecule has 5 nitrogen and oxygen atoms in total. The van der Waals surface area contributed by atoms with Gasteiger partial charge in [-0.05, 0) is 19.1 Å². The molecule has 0 aliphatic rings. The third-order valence-electron chi connectivity index (χ3n) is 2.27. The standard InChI is InChI=1S/C11H13FN2O3/c1-6-8(12)3-7(4-9(6)13)11(16)14-5-10(15)17-2/h3-4H,5,13H2,1-2H3,(H,14,16). The summed E-state index contributed by atoms with van der Waals surface area (Å²) in [6, 6.07) is 2.42. The second-order valence-electron chi connectivity index (χ2n) is 3.43. The maximum absolute atomic E-state index is 13.3. The van der Waals surface area contributed by atoms with Gasteiger partial charge in [-0.1, -0.05) is 0 Å². The van der Waals surface area contributed by atoms with E-state index in [0.717, 1.165) is 6.07 Å². The highest BCUT2D eigenvalue weighted by Crippen LogP contribution is 2.17. The number of carbonyl (C=O) groups is 2. The minimum absolute atomic E-state index is 0.0644.